The molecule has 4 heteroatoms. The van der Waals surface area contributed by atoms with Gasteiger partial charge in [0.05, 0.1) is 5.69 Å². The molecular weight excluding hydrogens is 328 g/mol. The molecule has 1 unspecified atom stereocenters. The molecule has 1 saturated heterocycles. The monoisotopic (exact) mass is 354 g/mol. The fraction of sp³-hybridized carbons (Fsp3) is 0.647. The Morgan fingerprint density at radius 2 is 2.10 bits per heavy atom. The summed E-state index contributed by atoms with van der Waals surface area (Å²) in [7, 11) is 2.19. The van der Waals surface area contributed by atoms with Crippen LogP contribution in [0.25, 0.3) is 0 Å². The number of rotatable bonds is 6. The summed E-state index contributed by atoms with van der Waals surface area (Å²) in [6.07, 6.45) is 3.38. The van der Waals surface area contributed by atoms with Crippen molar-refractivity contribution in [3.63, 3.8) is 0 Å². The SMILES string of the molecule is CCCNC(C)c1ccc(N(C)C2CCOCC2)c(Br)c1. The maximum atomic E-state index is 5.46. The van der Waals surface area contributed by atoms with Crippen LogP contribution >= 0.6 is 15.9 Å². The molecule has 0 aromatic heterocycles. The molecule has 0 bridgehead atoms. The van der Waals surface area contributed by atoms with E-state index in [1.54, 1.807) is 0 Å². The largest absolute Gasteiger partial charge is 0.381 e. The summed E-state index contributed by atoms with van der Waals surface area (Å²) >= 11 is 3.75. The van der Waals surface area contributed by atoms with Gasteiger partial charge in [-0.05, 0) is 66.4 Å². The van der Waals surface area contributed by atoms with Crippen molar-refractivity contribution in [2.24, 2.45) is 0 Å². The van der Waals surface area contributed by atoms with Crippen molar-refractivity contribution >= 4 is 21.6 Å². The Hall–Kier alpha value is -0.580. The van der Waals surface area contributed by atoms with Gasteiger partial charge >= 0.3 is 0 Å². The van der Waals surface area contributed by atoms with E-state index in [1.165, 1.54) is 15.7 Å². The van der Waals surface area contributed by atoms with Gasteiger partial charge < -0.3 is 15.0 Å². The van der Waals surface area contributed by atoms with Crippen molar-refractivity contribution in [2.75, 3.05) is 31.7 Å². The first-order valence-electron chi connectivity index (χ1n) is 7.97. The lowest BCUT2D eigenvalue weighted by Crippen LogP contribution is -2.36. The van der Waals surface area contributed by atoms with E-state index in [0.29, 0.717) is 12.1 Å². The summed E-state index contributed by atoms with van der Waals surface area (Å²) in [5, 5.41) is 3.54. The average Bonchev–Trinajstić information content (AvgIpc) is 2.52. The second-order valence-electron chi connectivity index (χ2n) is 5.84. The summed E-state index contributed by atoms with van der Waals surface area (Å²) in [6.45, 7) is 7.23. The second-order valence-corrected chi connectivity index (χ2v) is 6.70. The Labute approximate surface area is 137 Å². The molecule has 1 aromatic carbocycles. The topological polar surface area (TPSA) is 24.5 Å². The fourth-order valence-corrected chi connectivity index (χ4v) is 3.50. The van der Waals surface area contributed by atoms with Crippen LogP contribution in [0.15, 0.2) is 22.7 Å². The standard InChI is InChI=1S/C17H27BrN2O/c1-4-9-19-13(2)14-5-6-17(16(18)12-14)20(3)15-7-10-21-11-8-15/h5-6,12-13,15,19H,4,7-11H2,1-3H3. The number of halogens is 1. The van der Waals surface area contributed by atoms with Crippen LogP contribution in [0.5, 0.6) is 0 Å². The molecule has 1 atom stereocenters. The van der Waals surface area contributed by atoms with Crippen molar-refractivity contribution in [3.05, 3.63) is 28.2 Å². The van der Waals surface area contributed by atoms with Gasteiger partial charge in [-0.1, -0.05) is 13.0 Å². The molecule has 0 aliphatic carbocycles. The lowest BCUT2D eigenvalue weighted by atomic mass is 10.0. The van der Waals surface area contributed by atoms with Gasteiger partial charge in [0.2, 0.25) is 0 Å². The van der Waals surface area contributed by atoms with Gasteiger partial charge in [-0.15, -0.1) is 0 Å². The number of nitrogens with zero attached hydrogens (tertiary/aromatic N) is 1. The molecule has 118 valence electrons. The lowest BCUT2D eigenvalue weighted by molar-refractivity contribution is 0.0854. The Bertz CT molecular complexity index is 446. The van der Waals surface area contributed by atoms with E-state index in [0.717, 1.165) is 39.0 Å². The first-order chi connectivity index (χ1) is 10.1. The van der Waals surface area contributed by atoms with Crippen molar-refractivity contribution in [2.45, 2.75) is 45.2 Å². The smallest absolute Gasteiger partial charge is 0.0510 e. The predicted molar refractivity (Wildman–Crippen MR) is 93.1 cm³/mol. The maximum absolute atomic E-state index is 5.46. The van der Waals surface area contributed by atoms with Gasteiger partial charge in [0.1, 0.15) is 0 Å². The van der Waals surface area contributed by atoms with Crippen LogP contribution < -0.4 is 10.2 Å². The fourth-order valence-electron chi connectivity index (χ4n) is 2.83. The lowest BCUT2D eigenvalue weighted by Gasteiger charge is -2.33. The number of nitrogens with one attached hydrogen (secondary N) is 1. The van der Waals surface area contributed by atoms with E-state index in [1.807, 2.05) is 0 Å². The van der Waals surface area contributed by atoms with Crippen LogP contribution in [0.4, 0.5) is 5.69 Å². The Morgan fingerprint density at radius 3 is 2.71 bits per heavy atom. The number of benzene rings is 1. The molecule has 21 heavy (non-hydrogen) atoms. The van der Waals surface area contributed by atoms with Crippen LogP contribution in [0, 0.1) is 0 Å². The number of hydrogen-bond acceptors (Lipinski definition) is 3. The third kappa shape index (κ3) is 4.44. The van der Waals surface area contributed by atoms with Crippen molar-refractivity contribution < 1.29 is 4.74 Å². The second kappa shape index (κ2) is 8.16. The van der Waals surface area contributed by atoms with Crippen LogP contribution in [0.2, 0.25) is 0 Å². The zero-order valence-corrected chi connectivity index (χ0v) is 14.9. The first-order valence-corrected chi connectivity index (χ1v) is 8.76. The molecule has 1 aliphatic rings. The highest BCUT2D eigenvalue weighted by Gasteiger charge is 2.20. The molecule has 2 rings (SSSR count). The van der Waals surface area contributed by atoms with E-state index in [4.69, 9.17) is 4.74 Å². The van der Waals surface area contributed by atoms with E-state index < -0.39 is 0 Å². The highest BCUT2D eigenvalue weighted by molar-refractivity contribution is 9.10. The normalized spacial score (nSPS) is 17.7. The Morgan fingerprint density at radius 1 is 1.38 bits per heavy atom. The van der Waals surface area contributed by atoms with Crippen molar-refractivity contribution in [1.82, 2.24) is 5.32 Å². The molecule has 1 aliphatic heterocycles. The zero-order valence-electron chi connectivity index (χ0n) is 13.4. The van der Waals surface area contributed by atoms with E-state index >= 15 is 0 Å². The highest BCUT2D eigenvalue weighted by Crippen LogP contribution is 2.31. The van der Waals surface area contributed by atoms with E-state index in [-0.39, 0.29) is 0 Å². The number of ether oxygens (including phenoxy) is 1. The molecule has 0 spiro atoms. The molecule has 0 amide bonds. The molecule has 3 nitrogen and oxygen atoms in total. The number of anilines is 1. The molecule has 1 N–H and O–H groups in total. The van der Waals surface area contributed by atoms with E-state index in [2.05, 4.69) is 65.2 Å². The highest BCUT2D eigenvalue weighted by atomic mass is 79.9. The first kappa shape index (κ1) is 16.8. The molecular formula is C17H27BrN2O. The summed E-state index contributed by atoms with van der Waals surface area (Å²) in [6, 6.07) is 7.70. The van der Waals surface area contributed by atoms with Gasteiger partial charge in [0, 0.05) is 36.8 Å². The minimum absolute atomic E-state index is 0.392. The van der Waals surface area contributed by atoms with Crippen LogP contribution in [-0.2, 0) is 4.74 Å². The Balaban J connectivity index is 2.07. The molecule has 1 heterocycles. The summed E-state index contributed by atoms with van der Waals surface area (Å²) in [5.41, 5.74) is 2.60. The van der Waals surface area contributed by atoms with Crippen LogP contribution in [0.3, 0.4) is 0 Å². The Kier molecular flexibility index (Phi) is 6.52. The van der Waals surface area contributed by atoms with Gasteiger partial charge in [-0.3, -0.25) is 0 Å². The summed E-state index contributed by atoms with van der Waals surface area (Å²) < 4.78 is 6.64. The van der Waals surface area contributed by atoms with Gasteiger partial charge in [-0.25, -0.2) is 0 Å². The minimum Gasteiger partial charge on any atom is -0.381 e. The van der Waals surface area contributed by atoms with Gasteiger partial charge in [-0.2, -0.15) is 0 Å². The van der Waals surface area contributed by atoms with Gasteiger partial charge in [0.25, 0.3) is 0 Å². The van der Waals surface area contributed by atoms with Crippen molar-refractivity contribution in [1.29, 1.82) is 0 Å². The molecule has 0 radical (unpaired) electrons. The molecule has 1 aromatic rings. The summed E-state index contributed by atoms with van der Waals surface area (Å²) in [4.78, 5) is 2.39. The third-order valence-electron chi connectivity index (χ3n) is 4.29. The molecule has 1 fully saturated rings. The predicted octanol–water partition coefficient (Wildman–Crippen LogP) is 4.12. The van der Waals surface area contributed by atoms with Crippen LogP contribution in [-0.4, -0.2) is 32.8 Å². The van der Waals surface area contributed by atoms with Gasteiger partial charge in [0.15, 0.2) is 0 Å². The number of hydrogen-bond donors (Lipinski definition) is 1. The van der Waals surface area contributed by atoms with E-state index in [9.17, 15) is 0 Å². The minimum atomic E-state index is 0.392. The maximum Gasteiger partial charge on any atom is 0.0510 e. The molecule has 0 saturated carbocycles. The zero-order chi connectivity index (χ0) is 15.2. The third-order valence-corrected chi connectivity index (χ3v) is 4.93. The average molecular weight is 355 g/mol. The summed E-state index contributed by atoms with van der Waals surface area (Å²) in [5.74, 6) is 0. The van der Waals surface area contributed by atoms with Crippen LogP contribution in [0.1, 0.15) is 44.7 Å². The quantitative estimate of drug-likeness (QED) is 0.831. The van der Waals surface area contributed by atoms with Crippen molar-refractivity contribution in [3.8, 4) is 0 Å².